The van der Waals surface area contributed by atoms with Gasteiger partial charge in [-0.2, -0.15) is 0 Å². The molecular weight excluding hydrogens is 458 g/mol. The second-order valence-electron chi connectivity index (χ2n) is 5.08. The van der Waals surface area contributed by atoms with Crippen molar-refractivity contribution < 1.29 is 0 Å². The minimum Gasteiger partial charge on any atom is -0.383 e. The topological polar surface area (TPSA) is 51.8 Å². The number of nitrogens with zero attached hydrogens (tertiary/aromatic N) is 2. The van der Waals surface area contributed by atoms with E-state index >= 15 is 0 Å². The number of thiophene rings is 1. The van der Waals surface area contributed by atoms with Gasteiger partial charge in [0.2, 0.25) is 0 Å². The lowest BCUT2D eigenvalue weighted by Crippen LogP contribution is -2.16. The molecule has 2 aromatic rings. The summed E-state index contributed by atoms with van der Waals surface area (Å²) in [6.07, 6.45) is 0. The first-order valence-corrected chi connectivity index (χ1v) is 8.68. The first-order valence-electron chi connectivity index (χ1n) is 5.49. The number of hydrogen-bond acceptors (Lipinski definition) is 4. The van der Waals surface area contributed by atoms with E-state index in [1.807, 2.05) is 6.07 Å². The lowest BCUT2D eigenvalue weighted by Gasteiger charge is -2.20. The fourth-order valence-corrected chi connectivity index (χ4v) is 4.27. The Morgan fingerprint density at radius 1 is 1.16 bits per heavy atom. The molecule has 0 bridgehead atoms. The van der Waals surface area contributed by atoms with Gasteiger partial charge in [-0.1, -0.05) is 20.8 Å². The third-order valence-electron chi connectivity index (χ3n) is 2.45. The van der Waals surface area contributed by atoms with E-state index < -0.39 is 0 Å². The van der Waals surface area contributed by atoms with E-state index in [4.69, 9.17) is 5.73 Å². The Balaban J connectivity index is 2.63. The van der Waals surface area contributed by atoms with Crippen molar-refractivity contribution in [2.24, 2.45) is 0 Å². The van der Waals surface area contributed by atoms with E-state index in [1.165, 1.54) is 0 Å². The van der Waals surface area contributed by atoms with Gasteiger partial charge in [0, 0.05) is 9.89 Å². The highest BCUT2D eigenvalue weighted by molar-refractivity contribution is 9.13. The van der Waals surface area contributed by atoms with Crippen LogP contribution in [0, 0.1) is 0 Å². The Morgan fingerprint density at radius 3 is 2.26 bits per heavy atom. The predicted octanol–water partition coefficient (Wildman–Crippen LogP) is 5.37. The number of aromatic nitrogens is 2. The lowest BCUT2D eigenvalue weighted by molar-refractivity contribution is 0.565. The maximum absolute atomic E-state index is 5.98. The van der Waals surface area contributed by atoms with Gasteiger partial charge >= 0.3 is 0 Å². The van der Waals surface area contributed by atoms with Crippen LogP contribution in [-0.2, 0) is 5.41 Å². The zero-order valence-corrected chi connectivity index (χ0v) is 16.2. The van der Waals surface area contributed by atoms with Crippen LogP contribution in [0.2, 0.25) is 0 Å². The summed E-state index contributed by atoms with van der Waals surface area (Å²) in [7, 11) is 0. The Labute approximate surface area is 141 Å². The van der Waals surface area contributed by atoms with Crippen LogP contribution in [0.3, 0.4) is 0 Å². The molecular formula is C12H12Br3N3S. The minimum atomic E-state index is -0.101. The number of halogens is 3. The van der Waals surface area contributed by atoms with Crippen LogP contribution >= 0.6 is 59.1 Å². The maximum atomic E-state index is 5.98. The third kappa shape index (κ3) is 3.20. The molecule has 19 heavy (non-hydrogen) atoms. The smallest absolute Gasteiger partial charge is 0.172 e. The van der Waals surface area contributed by atoms with E-state index in [-0.39, 0.29) is 5.41 Å². The van der Waals surface area contributed by atoms with Crippen molar-refractivity contribution in [2.75, 3.05) is 5.73 Å². The molecule has 0 aliphatic carbocycles. The minimum absolute atomic E-state index is 0.101. The second-order valence-corrected chi connectivity index (χ2v) is 9.09. The first-order chi connectivity index (χ1) is 8.70. The Bertz CT molecular complexity index is 612. The van der Waals surface area contributed by atoms with Gasteiger partial charge in [0.05, 0.1) is 18.8 Å². The first kappa shape index (κ1) is 15.4. The van der Waals surface area contributed by atoms with Crippen molar-refractivity contribution in [3.8, 4) is 10.7 Å². The van der Waals surface area contributed by atoms with Gasteiger partial charge in [-0.25, -0.2) is 9.97 Å². The predicted molar refractivity (Wildman–Crippen MR) is 91.6 cm³/mol. The molecule has 2 aromatic heterocycles. The van der Waals surface area contributed by atoms with Crippen LogP contribution in [0.5, 0.6) is 0 Å². The molecule has 2 heterocycles. The van der Waals surface area contributed by atoms with Crippen LogP contribution in [0.4, 0.5) is 5.82 Å². The fourth-order valence-electron chi connectivity index (χ4n) is 1.53. The molecule has 0 aliphatic rings. The number of rotatable bonds is 1. The molecule has 2 N–H and O–H groups in total. The summed E-state index contributed by atoms with van der Waals surface area (Å²) in [4.78, 5) is 10.00. The summed E-state index contributed by atoms with van der Waals surface area (Å²) in [6, 6.07) is 1.99. The van der Waals surface area contributed by atoms with E-state index in [0.29, 0.717) is 11.6 Å². The van der Waals surface area contributed by atoms with Gasteiger partial charge < -0.3 is 5.73 Å². The Hall–Kier alpha value is 0.0200. The van der Waals surface area contributed by atoms with Crippen LogP contribution in [-0.4, -0.2) is 9.97 Å². The van der Waals surface area contributed by atoms with E-state index in [0.717, 1.165) is 23.3 Å². The Morgan fingerprint density at radius 2 is 1.79 bits per heavy atom. The number of nitrogen functional groups attached to an aromatic ring is 1. The van der Waals surface area contributed by atoms with Crippen LogP contribution in [0.15, 0.2) is 18.8 Å². The quantitative estimate of drug-likeness (QED) is 0.610. The molecule has 3 nitrogen and oxygen atoms in total. The lowest BCUT2D eigenvalue weighted by atomic mass is 9.92. The van der Waals surface area contributed by atoms with Gasteiger partial charge in [0.15, 0.2) is 5.82 Å². The highest BCUT2D eigenvalue weighted by Gasteiger charge is 2.23. The highest BCUT2D eigenvalue weighted by Crippen LogP contribution is 2.39. The monoisotopic (exact) mass is 467 g/mol. The summed E-state index contributed by atoms with van der Waals surface area (Å²) in [5, 5.41) is 0. The van der Waals surface area contributed by atoms with Gasteiger partial charge in [-0.05, 0) is 53.9 Å². The maximum Gasteiger partial charge on any atom is 0.172 e. The number of hydrogen-bond donors (Lipinski definition) is 1. The van der Waals surface area contributed by atoms with E-state index in [2.05, 4.69) is 78.5 Å². The molecule has 0 fully saturated rings. The van der Waals surface area contributed by atoms with Crippen molar-refractivity contribution in [3.05, 3.63) is 24.5 Å². The number of anilines is 1. The normalized spacial score (nSPS) is 11.9. The second kappa shape index (κ2) is 5.42. The largest absolute Gasteiger partial charge is 0.383 e. The van der Waals surface area contributed by atoms with E-state index in [1.54, 1.807) is 11.3 Å². The third-order valence-corrected chi connectivity index (χ3v) is 6.49. The zero-order chi connectivity index (χ0) is 14.4. The van der Waals surface area contributed by atoms with Crippen LogP contribution in [0.25, 0.3) is 10.7 Å². The highest BCUT2D eigenvalue weighted by atomic mass is 79.9. The van der Waals surface area contributed by atoms with Crippen molar-refractivity contribution in [1.29, 1.82) is 0 Å². The summed E-state index contributed by atoms with van der Waals surface area (Å²) in [6.45, 7) is 6.30. The molecule has 2 rings (SSSR count). The standard InChI is InChI=1S/C12H12Br3N3S/c1-12(2,3)8-7(14)10(16)18-11(17-8)6-4-5(13)9(15)19-6/h4H,1-3H3,(H2,16,17,18). The molecule has 0 saturated carbocycles. The molecule has 0 amide bonds. The van der Waals surface area contributed by atoms with E-state index in [9.17, 15) is 0 Å². The molecule has 0 aliphatic heterocycles. The molecule has 0 atom stereocenters. The zero-order valence-electron chi connectivity index (χ0n) is 10.6. The molecule has 0 aromatic carbocycles. The van der Waals surface area contributed by atoms with Crippen LogP contribution < -0.4 is 5.73 Å². The van der Waals surface area contributed by atoms with Crippen LogP contribution in [0.1, 0.15) is 26.5 Å². The van der Waals surface area contributed by atoms with Gasteiger partial charge in [-0.3, -0.25) is 0 Å². The summed E-state index contributed by atoms with van der Waals surface area (Å²) in [5.41, 5.74) is 6.80. The van der Waals surface area contributed by atoms with Gasteiger partial charge in [0.25, 0.3) is 0 Å². The summed E-state index contributed by atoms with van der Waals surface area (Å²) in [5.74, 6) is 1.12. The molecule has 0 radical (unpaired) electrons. The van der Waals surface area contributed by atoms with Gasteiger partial charge in [0.1, 0.15) is 5.82 Å². The summed E-state index contributed by atoms with van der Waals surface area (Å²) >= 11 is 12.0. The SMILES string of the molecule is CC(C)(C)c1nc(-c2cc(Br)c(Br)s2)nc(N)c1Br. The fraction of sp³-hybridized carbons (Fsp3) is 0.333. The average Bonchev–Trinajstić information content (AvgIpc) is 2.61. The molecule has 0 unspecified atom stereocenters. The molecule has 7 heteroatoms. The van der Waals surface area contributed by atoms with Gasteiger partial charge in [-0.15, -0.1) is 11.3 Å². The van der Waals surface area contributed by atoms with Crippen molar-refractivity contribution in [3.63, 3.8) is 0 Å². The van der Waals surface area contributed by atoms with Crippen molar-refractivity contribution >= 4 is 64.9 Å². The average molecular weight is 470 g/mol. The van der Waals surface area contributed by atoms with Crippen molar-refractivity contribution in [1.82, 2.24) is 9.97 Å². The molecule has 0 spiro atoms. The molecule has 0 saturated heterocycles. The molecule has 102 valence electrons. The summed E-state index contributed by atoms with van der Waals surface area (Å²) < 4.78 is 2.79. The van der Waals surface area contributed by atoms with Crippen molar-refractivity contribution in [2.45, 2.75) is 26.2 Å². The Kier molecular flexibility index (Phi) is 4.40. The number of nitrogens with two attached hydrogens (primary N) is 1.